The predicted octanol–water partition coefficient (Wildman–Crippen LogP) is 5.41. The van der Waals surface area contributed by atoms with Crippen LogP contribution >= 0.6 is 0 Å². The molecule has 1 amide bonds. The molecule has 0 aliphatic heterocycles. The van der Waals surface area contributed by atoms with Gasteiger partial charge in [-0.3, -0.25) is 4.79 Å². The van der Waals surface area contributed by atoms with E-state index in [1.165, 1.54) is 12.1 Å². The van der Waals surface area contributed by atoms with Crippen LogP contribution in [0.4, 0.5) is 18.9 Å². The van der Waals surface area contributed by atoms with Crippen LogP contribution < -0.4 is 5.32 Å². The summed E-state index contributed by atoms with van der Waals surface area (Å²) in [5.74, 6) is 0.0484. The second-order valence-electron chi connectivity index (χ2n) is 6.84. The number of aromatic nitrogens is 1. The van der Waals surface area contributed by atoms with Crippen molar-refractivity contribution in [2.45, 2.75) is 25.4 Å². The maximum absolute atomic E-state index is 13.2. The number of nitrogens with one attached hydrogen (secondary N) is 1. The van der Waals surface area contributed by atoms with E-state index in [1.807, 2.05) is 0 Å². The average Bonchev–Trinajstić information content (AvgIpc) is 3.36. The van der Waals surface area contributed by atoms with Crippen molar-refractivity contribution in [3.05, 3.63) is 71.7 Å². The quantitative estimate of drug-likeness (QED) is 0.652. The third kappa shape index (κ3) is 3.65. The Hall–Kier alpha value is -3.09. The lowest BCUT2D eigenvalue weighted by Crippen LogP contribution is -2.15. The van der Waals surface area contributed by atoms with Crippen LogP contribution in [0.2, 0.25) is 0 Å². The van der Waals surface area contributed by atoms with E-state index >= 15 is 0 Å². The van der Waals surface area contributed by atoms with Gasteiger partial charge in [-0.05, 0) is 48.2 Å². The topological polar surface area (TPSA) is 55.1 Å². The molecular formula is C21H17F3N2O2. The van der Waals surface area contributed by atoms with Crippen LogP contribution in [0.5, 0.6) is 0 Å². The maximum Gasteiger partial charge on any atom is 0.416 e. The predicted molar refractivity (Wildman–Crippen MR) is 97.6 cm³/mol. The third-order valence-electron chi connectivity index (χ3n) is 4.85. The largest absolute Gasteiger partial charge is 0.441 e. The van der Waals surface area contributed by atoms with Crippen LogP contribution in [-0.2, 0) is 11.0 Å². The Morgan fingerprint density at radius 2 is 1.86 bits per heavy atom. The van der Waals surface area contributed by atoms with Gasteiger partial charge in [0.15, 0.2) is 11.7 Å². The van der Waals surface area contributed by atoms with Crippen molar-refractivity contribution in [1.82, 2.24) is 4.98 Å². The lowest BCUT2D eigenvalue weighted by atomic mass is 10.0. The molecule has 0 saturated heterocycles. The van der Waals surface area contributed by atoms with E-state index in [9.17, 15) is 18.0 Å². The minimum Gasteiger partial charge on any atom is -0.441 e. The number of carbonyl (C=O) groups is 1. The van der Waals surface area contributed by atoms with E-state index in [0.717, 1.165) is 11.6 Å². The molecule has 144 valence electrons. The first-order chi connectivity index (χ1) is 13.3. The van der Waals surface area contributed by atoms with Gasteiger partial charge < -0.3 is 9.73 Å². The molecule has 7 heteroatoms. The first-order valence-corrected chi connectivity index (χ1v) is 8.83. The fourth-order valence-electron chi connectivity index (χ4n) is 3.35. The third-order valence-corrected chi connectivity index (χ3v) is 4.85. The zero-order valence-corrected chi connectivity index (χ0v) is 15.0. The van der Waals surface area contributed by atoms with Gasteiger partial charge in [-0.2, -0.15) is 13.2 Å². The summed E-state index contributed by atoms with van der Waals surface area (Å²) < 4.78 is 45.0. The number of alkyl halides is 3. The molecule has 1 aromatic heterocycles. The molecule has 1 aliphatic carbocycles. The molecule has 0 radical (unpaired) electrons. The van der Waals surface area contributed by atoms with Gasteiger partial charge in [-0.25, -0.2) is 4.98 Å². The minimum absolute atomic E-state index is 0.186. The highest BCUT2D eigenvalue weighted by Crippen LogP contribution is 2.51. The highest BCUT2D eigenvalue weighted by Gasteiger charge is 2.47. The van der Waals surface area contributed by atoms with E-state index in [0.29, 0.717) is 23.8 Å². The number of oxazole rings is 1. The summed E-state index contributed by atoms with van der Waals surface area (Å²) in [4.78, 5) is 16.5. The number of benzene rings is 2. The Balaban J connectivity index is 1.43. The van der Waals surface area contributed by atoms with E-state index < -0.39 is 23.6 Å². The van der Waals surface area contributed by atoms with Crippen molar-refractivity contribution >= 4 is 11.6 Å². The van der Waals surface area contributed by atoms with Crippen LogP contribution in [0.15, 0.2) is 59.1 Å². The first-order valence-electron chi connectivity index (χ1n) is 8.83. The molecule has 3 aromatic rings. The molecule has 1 fully saturated rings. The van der Waals surface area contributed by atoms with Gasteiger partial charge in [0.05, 0.1) is 11.8 Å². The van der Waals surface area contributed by atoms with Gasteiger partial charge in [0.2, 0.25) is 5.91 Å². The Labute approximate surface area is 159 Å². The van der Waals surface area contributed by atoms with Gasteiger partial charge in [0.1, 0.15) is 0 Å². The van der Waals surface area contributed by atoms with E-state index in [4.69, 9.17) is 4.42 Å². The smallest absolute Gasteiger partial charge is 0.416 e. The van der Waals surface area contributed by atoms with Crippen LogP contribution in [0.25, 0.3) is 11.3 Å². The molecule has 1 N–H and O–H groups in total. The molecule has 0 unspecified atom stereocenters. The summed E-state index contributed by atoms with van der Waals surface area (Å²) in [6, 6.07) is 12.5. The normalized spacial score (nSPS) is 18.7. The van der Waals surface area contributed by atoms with E-state index in [1.54, 1.807) is 43.5 Å². The summed E-state index contributed by atoms with van der Waals surface area (Å²) >= 11 is 0. The molecule has 0 bridgehead atoms. The standard InChI is InChI=1S/C21H17F3N2O2/c1-12-25-11-19(28-12)13-6-8-14(9-7-13)26-20(27)17-10-16(17)15-4-2-3-5-18(15)21(22,23)24/h2-9,11,16-17H,10H2,1H3,(H,26,27)/t16-,17-/m0/s1. The second-order valence-corrected chi connectivity index (χ2v) is 6.84. The molecule has 1 heterocycles. The summed E-state index contributed by atoms with van der Waals surface area (Å²) in [7, 11) is 0. The molecule has 2 aromatic carbocycles. The number of carbonyl (C=O) groups excluding carboxylic acids is 1. The van der Waals surface area contributed by atoms with Gasteiger partial charge in [-0.15, -0.1) is 0 Å². The zero-order chi connectivity index (χ0) is 19.9. The van der Waals surface area contributed by atoms with Crippen molar-refractivity contribution in [1.29, 1.82) is 0 Å². The molecule has 4 nitrogen and oxygen atoms in total. The molecule has 1 aliphatic rings. The number of halogens is 3. The van der Waals surface area contributed by atoms with Gasteiger partial charge in [0, 0.05) is 24.1 Å². The van der Waals surface area contributed by atoms with Crippen molar-refractivity contribution in [2.24, 2.45) is 5.92 Å². The fraction of sp³-hybridized carbons (Fsp3) is 0.238. The summed E-state index contributed by atoms with van der Waals surface area (Å²) in [6.07, 6.45) is -2.39. The van der Waals surface area contributed by atoms with E-state index in [2.05, 4.69) is 10.3 Å². The number of hydrogen-bond donors (Lipinski definition) is 1. The highest BCUT2D eigenvalue weighted by molar-refractivity contribution is 5.95. The Bertz CT molecular complexity index is 1010. The monoisotopic (exact) mass is 386 g/mol. The number of rotatable bonds is 4. The first kappa shape index (κ1) is 18.3. The Kier molecular flexibility index (Phi) is 4.45. The summed E-state index contributed by atoms with van der Waals surface area (Å²) in [5.41, 5.74) is 0.926. The van der Waals surface area contributed by atoms with Crippen LogP contribution in [0.1, 0.15) is 29.4 Å². The van der Waals surface area contributed by atoms with Crippen molar-refractivity contribution in [3.8, 4) is 11.3 Å². The molecule has 4 rings (SSSR count). The Morgan fingerprint density at radius 1 is 1.14 bits per heavy atom. The van der Waals surface area contributed by atoms with Crippen LogP contribution in [0.3, 0.4) is 0 Å². The average molecular weight is 386 g/mol. The fourth-order valence-corrected chi connectivity index (χ4v) is 3.35. The number of nitrogens with zero attached hydrogens (tertiary/aromatic N) is 1. The number of hydrogen-bond acceptors (Lipinski definition) is 3. The number of anilines is 1. The van der Waals surface area contributed by atoms with Crippen molar-refractivity contribution in [3.63, 3.8) is 0 Å². The minimum atomic E-state index is -4.42. The molecule has 0 spiro atoms. The molecular weight excluding hydrogens is 369 g/mol. The van der Waals surface area contributed by atoms with Crippen molar-refractivity contribution in [2.75, 3.05) is 5.32 Å². The van der Waals surface area contributed by atoms with Crippen LogP contribution in [-0.4, -0.2) is 10.9 Å². The SMILES string of the molecule is Cc1ncc(-c2ccc(NC(=O)[C@H]3C[C@H]3c3ccccc3C(F)(F)F)cc2)o1. The highest BCUT2D eigenvalue weighted by atomic mass is 19.4. The Morgan fingerprint density at radius 3 is 2.50 bits per heavy atom. The molecule has 28 heavy (non-hydrogen) atoms. The van der Waals surface area contributed by atoms with Gasteiger partial charge in [-0.1, -0.05) is 18.2 Å². The lowest BCUT2D eigenvalue weighted by Gasteiger charge is -2.12. The molecule has 2 atom stereocenters. The summed E-state index contributed by atoms with van der Waals surface area (Å²) in [5, 5.41) is 2.78. The zero-order valence-electron chi connectivity index (χ0n) is 15.0. The second kappa shape index (κ2) is 6.82. The van der Waals surface area contributed by atoms with Gasteiger partial charge >= 0.3 is 6.18 Å². The number of aryl methyl sites for hydroxylation is 1. The van der Waals surface area contributed by atoms with Crippen molar-refractivity contribution < 1.29 is 22.4 Å². The van der Waals surface area contributed by atoms with E-state index in [-0.39, 0.29) is 11.5 Å². The van der Waals surface area contributed by atoms with Gasteiger partial charge in [0.25, 0.3) is 0 Å². The molecule has 1 saturated carbocycles. The van der Waals surface area contributed by atoms with Crippen LogP contribution in [0, 0.1) is 12.8 Å². The summed E-state index contributed by atoms with van der Waals surface area (Å²) in [6.45, 7) is 1.75. The number of amides is 1. The lowest BCUT2D eigenvalue weighted by molar-refractivity contribution is -0.138. The maximum atomic E-state index is 13.2.